The molecule has 7 heteroatoms. The lowest BCUT2D eigenvalue weighted by Crippen LogP contribution is -2.31. The molecule has 0 radical (unpaired) electrons. The van der Waals surface area contributed by atoms with Gasteiger partial charge in [-0.15, -0.1) is 0 Å². The highest BCUT2D eigenvalue weighted by Crippen LogP contribution is 2.47. The monoisotopic (exact) mass is 459 g/mol. The Morgan fingerprint density at radius 3 is 2.26 bits per heavy atom. The van der Waals surface area contributed by atoms with E-state index in [9.17, 15) is 0 Å². The molecule has 176 valence electrons. The fourth-order valence-corrected chi connectivity index (χ4v) is 4.86. The lowest BCUT2D eigenvalue weighted by molar-refractivity contribution is 0.212. The van der Waals surface area contributed by atoms with Gasteiger partial charge in [0, 0.05) is 29.0 Å². The average molecular weight is 460 g/mol. The number of nitrogens with one attached hydrogen (secondary N) is 1. The maximum absolute atomic E-state index is 5.68. The van der Waals surface area contributed by atoms with E-state index < -0.39 is 5.41 Å². The van der Waals surface area contributed by atoms with Crippen molar-refractivity contribution in [2.45, 2.75) is 24.7 Å². The van der Waals surface area contributed by atoms with Crippen molar-refractivity contribution < 1.29 is 19.0 Å². The van der Waals surface area contributed by atoms with Gasteiger partial charge in [0.25, 0.3) is 0 Å². The predicted molar refractivity (Wildman–Crippen MR) is 131 cm³/mol. The Morgan fingerprint density at radius 1 is 0.971 bits per heavy atom. The zero-order valence-corrected chi connectivity index (χ0v) is 19.9. The second-order valence-electron chi connectivity index (χ2n) is 8.66. The molecule has 34 heavy (non-hydrogen) atoms. The third-order valence-corrected chi connectivity index (χ3v) is 6.74. The molecule has 0 aliphatic heterocycles. The summed E-state index contributed by atoms with van der Waals surface area (Å²) in [5.41, 5.74) is 5.67. The zero-order valence-electron chi connectivity index (χ0n) is 19.9. The maximum Gasteiger partial charge on any atom is 0.203 e. The molecule has 3 aromatic rings. The van der Waals surface area contributed by atoms with Gasteiger partial charge in [-0.1, -0.05) is 47.6 Å². The van der Waals surface area contributed by atoms with Crippen molar-refractivity contribution in [1.29, 1.82) is 0 Å². The molecule has 1 fully saturated rings. The Morgan fingerprint density at radius 2 is 1.68 bits per heavy atom. The summed E-state index contributed by atoms with van der Waals surface area (Å²) in [6, 6.07) is 14.5. The van der Waals surface area contributed by atoms with Gasteiger partial charge in [0.15, 0.2) is 11.5 Å². The Kier molecular flexibility index (Phi) is 5.77. The fraction of sp³-hybridized carbons (Fsp3) is 0.333. The Labute approximate surface area is 199 Å². The smallest absolute Gasteiger partial charge is 0.203 e. The first kappa shape index (κ1) is 22.1. The molecule has 1 heterocycles. The van der Waals surface area contributed by atoms with Crippen LogP contribution in [0.25, 0.3) is 6.08 Å². The topological polar surface area (TPSA) is 78.0 Å². The van der Waals surface area contributed by atoms with Crippen LogP contribution in [0.4, 0.5) is 0 Å². The van der Waals surface area contributed by atoms with E-state index in [-0.39, 0.29) is 0 Å². The maximum atomic E-state index is 5.68. The molecule has 1 aromatic heterocycles. The van der Waals surface area contributed by atoms with Crippen LogP contribution in [0, 0.1) is 5.92 Å². The summed E-state index contributed by atoms with van der Waals surface area (Å²) in [5, 5.41) is 12.3. The quantitative estimate of drug-likeness (QED) is 0.388. The van der Waals surface area contributed by atoms with Crippen LogP contribution in [0.3, 0.4) is 0 Å². The van der Waals surface area contributed by atoms with E-state index in [0.29, 0.717) is 29.6 Å². The normalized spacial score (nSPS) is 19.5. The van der Waals surface area contributed by atoms with Gasteiger partial charge in [-0.25, -0.2) is 0 Å². The summed E-state index contributed by atoms with van der Waals surface area (Å²) in [7, 11) is 6.48. The molecule has 0 amide bonds. The summed E-state index contributed by atoms with van der Waals surface area (Å²) in [5.74, 6) is 2.24. The molecule has 2 aromatic carbocycles. The largest absolute Gasteiger partial charge is 0.493 e. The van der Waals surface area contributed by atoms with Crippen LogP contribution in [0.5, 0.6) is 17.2 Å². The van der Waals surface area contributed by atoms with Crippen molar-refractivity contribution in [2.75, 3.05) is 28.4 Å². The molecular formula is C27H29N3O4. The molecule has 1 saturated carbocycles. The molecule has 7 nitrogen and oxygen atoms in total. The molecule has 0 saturated heterocycles. The van der Waals surface area contributed by atoms with Crippen molar-refractivity contribution >= 4 is 11.8 Å². The number of methoxy groups -OCH3 is 3. The number of allylic oxidation sites excluding steroid dienone is 1. The van der Waals surface area contributed by atoms with E-state index in [0.717, 1.165) is 46.6 Å². The molecule has 1 atom stereocenters. The highest BCUT2D eigenvalue weighted by atomic mass is 16.6. The summed E-state index contributed by atoms with van der Waals surface area (Å²) >= 11 is 0. The lowest BCUT2D eigenvalue weighted by Gasteiger charge is -2.35. The van der Waals surface area contributed by atoms with Crippen molar-refractivity contribution in [1.82, 2.24) is 10.2 Å². The van der Waals surface area contributed by atoms with Crippen LogP contribution in [0.15, 0.2) is 53.7 Å². The van der Waals surface area contributed by atoms with Crippen LogP contribution in [0.1, 0.15) is 40.9 Å². The molecule has 0 spiro atoms. The second kappa shape index (κ2) is 8.89. The second-order valence-corrected chi connectivity index (χ2v) is 8.66. The number of ether oxygens (including phenoxy) is 3. The van der Waals surface area contributed by atoms with E-state index in [4.69, 9.17) is 19.0 Å². The summed E-state index contributed by atoms with van der Waals surface area (Å²) in [6.07, 6.45) is 7.34. The SMILES string of the molecule is CO/N=C(/c1n[nH]c2c1C=CC(c1ccccc1)(c1cc(OC)c(OC)c(OC)c1)C2)C1CC1. The molecule has 0 bridgehead atoms. The summed E-state index contributed by atoms with van der Waals surface area (Å²) in [4.78, 5) is 5.14. The highest BCUT2D eigenvalue weighted by Gasteiger charge is 2.40. The number of nitrogens with zero attached hydrogens (tertiary/aromatic N) is 2. The number of hydrogen-bond acceptors (Lipinski definition) is 6. The van der Waals surface area contributed by atoms with Gasteiger partial charge < -0.3 is 19.0 Å². The molecule has 1 N–H and O–H groups in total. The number of oxime groups is 1. The van der Waals surface area contributed by atoms with Crippen LogP contribution < -0.4 is 14.2 Å². The zero-order chi connectivity index (χ0) is 23.7. The highest BCUT2D eigenvalue weighted by molar-refractivity contribution is 6.04. The van der Waals surface area contributed by atoms with E-state index in [2.05, 4.69) is 51.8 Å². The van der Waals surface area contributed by atoms with Crippen LogP contribution in [0.2, 0.25) is 0 Å². The third kappa shape index (κ3) is 3.61. The van der Waals surface area contributed by atoms with Gasteiger partial charge in [0.1, 0.15) is 18.5 Å². The lowest BCUT2D eigenvalue weighted by atomic mass is 9.68. The third-order valence-electron chi connectivity index (χ3n) is 6.74. The fourth-order valence-electron chi connectivity index (χ4n) is 4.86. The van der Waals surface area contributed by atoms with Gasteiger partial charge >= 0.3 is 0 Å². The minimum absolute atomic E-state index is 0.414. The number of rotatable bonds is 8. The first-order valence-corrected chi connectivity index (χ1v) is 11.4. The van der Waals surface area contributed by atoms with E-state index in [1.54, 1.807) is 28.4 Å². The first-order valence-electron chi connectivity index (χ1n) is 11.4. The number of benzene rings is 2. The van der Waals surface area contributed by atoms with Gasteiger partial charge in [-0.3, -0.25) is 5.10 Å². The Hall–Kier alpha value is -3.74. The summed E-state index contributed by atoms with van der Waals surface area (Å²) < 4.78 is 16.9. The van der Waals surface area contributed by atoms with Crippen molar-refractivity contribution in [3.8, 4) is 17.2 Å². The van der Waals surface area contributed by atoms with E-state index in [1.165, 1.54) is 0 Å². The van der Waals surface area contributed by atoms with Gasteiger partial charge in [-0.2, -0.15) is 5.10 Å². The van der Waals surface area contributed by atoms with Crippen molar-refractivity contribution in [2.24, 2.45) is 11.1 Å². The minimum Gasteiger partial charge on any atom is -0.493 e. The van der Waals surface area contributed by atoms with Gasteiger partial charge in [-0.05, 0) is 36.1 Å². The summed E-state index contributed by atoms with van der Waals surface area (Å²) in [6.45, 7) is 0. The van der Waals surface area contributed by atoms with E-state index in [1.807, 2.05) is 18.2 Å². The van der Waals surface area contributed by atoms with Crippen molar-refractivity contribution in [3.05, 3.63) is 76.6 Å². The molecule has 1 unspecified atom stereocenters. The minimum atomic E-state index is -0.455. The van der Waals surface area contributed by atoms with Gasteiger partial charge in [0.2, 0.25) is 5.75 Å². The van der Waals surface area contributed by atoms with Crippen molar-refractivity contribution in [3.63, 3.8) is 0 Å². The van der Waals surface area contributed by atoms with Crippen LogP contribution in [-0.2, 0) is 16.7 Å². The molecular weight excluding hydrogens is 430 g/mol. The molecule has 2 aliphatic carbocycles. The predicted octanol–water partition coefficient (Wildman–Crippen LogP) is 4.75. The van der Waals surface area contributed by atoms with Gasteiger partial charge in [0.05, 0.1) is 21.3 Å². The number of aromatic nitrogens is 2. The number of hydrogen-bond donors (Lipinski definition) is 1. The van der Waals surface area contributed by atoms with Crippen LogP contribution >= 0.6 is 0 Å². The number of fused-ring (bicyclic) bond motifs is 1. The number of aromatic amines is 1. The standard InChI is InChI=1S/C27H29N3O4/c1-31-22-14-19(15-23(32-2)26(22)33-3)27(18-8-6-5-7-9-18)13-12-20-21(16-27)28-29-25(20)24(30-34-4)17-10-11-17/h5-9,12-15,17H,10-11,16H2,1-4H3,(H,28,29)/b30-24+. The van der Waals surface area contributed by atoms with E-state index >= 15 is 0 Å². The Bertz CT molecular complexity index is 1220. The molecule has 5 rings (SSSR count). The average Bonchev–Trinajstić information content (AvgIpc) is 3.65. The Balaban J connectivity index is 1.67. The van der Waals surface area contributed by atoms with Crippen LogP contribution in [-0.4, -0.2) is 44.3 Å². The first-order chi connectivity index (χ1) is 16.6. The number of H-pyrrole nitrogens is 1. The molecule has 2 aliphatic rings.